The standard InChI is InChI=1S/C6H16O3Si.C3H8O2Si/c1-4-7-10(8-5-2)9-6-3;6-5-2-3-1-4-3/h10H,4-6H2,1-3H3;3H,1-2H2,6H3. The van der Waals surface area contributed by atoms with Crippen molar-refractivity contribution in [3.8, 4) is 0 Å². The molecule has 0 bridgehead atoms. The molecule has 0 aromatic heterocycles. The van der Waals surface area contributed by atoms with Crippen LogP contribution in [-0.2, 0) is 22.4 Å². The number of hydrogen-bond acceptors (Lipinski definition) is 5. The van der Waals surface area contributed by atoms with Crippen molar-refractivity contribution in [2.45, 2.75) is 26.9 Å². The smallest absolute Gasteiger partial charge is 0.425 e. The van der Waals surface area contributed by atoms with Crippen LogP contribution < -0.4 is 0 Å². The minimum Gasteiger partial charge on any atom is -0.425 e. The maximum Gasteiger partial charge on any atom is 0.484 e. The third kappa shape index (κ3) is 10.7. The summed E-state index contributed by atoms with van der Waals surface area (Å²) in [6, 6.07) is 0. The largest absolute Gasteiger partial charge is 0.484 e. The second-order valence-corrected chi connectivity index (χ2v) is 5.22. The van der Waals surface area contributed by atoms with Gasteiger partial charge >= 0.3 is 9.53 Å². The maximum atomic E-state index is 5.22. The molecule has 0 aromatic rings. The van der Waals surface area contributed by atoms with Gasteiger partial charge in [0.05, 0.1) is 13.2 Å². The number of epoxide rings is 1. The lowest BCUT2D eigenvalue weighted by molar-refractivity contribution is 0.107. The zero-order valence-electron chi connectivity index (χ0n) is 10.7. The highest BCUT2D eigenvalue weighted by Gasteiger charge is 2.20. The summed E-state index contributed by atoms with van der Waals surface area (Å²) in [7, 11) is -0.887. The molecule has 98 valence electrons. The fraction of sp³-hybridized carbons (Fsp3) is 1.00. The van der Waals surface area contributed by atoms with Gasteiger partial charge in [-0.15, -0.1) is 0 Å². The maximum absolute atomic E-state index is 5.22. The number of hydrogen-bond donors (Lipinski definition) is 0. The summed E-state index contributed by atoms with van der Waals surface area (Å²) in [5.41, 5.74) is 0. The topological polar surface area (TPSA) is 49.5 Å². The molecule has 0 saturated carbocycles. The van der Waals surface area contributed by atoms with Crippen LogP contribution in [0, 0.1) is 0 Å². The van der Waals surface area contributed by atoms with E-state index in [-0.39, 0.29) is 0 Å². The van der Waals surface area contributed by atoms with E-state index in [4.69, 9.17) is 22.4 Å². The van der Waals surface area contributed by atoms with Gasteiger partial charge in [-0.3, -0.25) is 0 Å². The molecule has 0 aromatic carbocycles. The third-order valence-electron chi connectivity index (χ3n) is 1.66. The Morgan fingerprint density at radius 2 is 1.56 bits per heavy atom. The van der Waals surface area contributed by atoms with E-state index in [1.165, 1.54) is 0 Å². The van der Waals surface area contributed by atoms with Gasteiger partial charge in [0.25, 0.3) is 0 Å². The van der Waals surface area contributed by atoms with Crippen molar-refractivity contribution in [1.82, 2.24) is 0 Å². The van der Waals surface area contributed by atoms with Gasteiger partial charge in [-0.05, 0) is 20.8 Å². The molecule has 0 radical (unpaired) electrons. The lowest BCUT2D eigenvalue weighted by atomic mass is 10.5. The van der Waals surface area contributed by atoms with Crippen LogP contribution >= 0.6 is 0 Å². The van der Waals surface area contributed by atoms with E-state index in [0.717, 1.165) is 23.7 Å². The molecular formula is C9H24O5Si2. The molecule has 0 aliphatic carbocycles. The van der Waals surface area contributed by atoms with Crippen molar-refractivity contribution < 1.29 is 22.4 Å². The Morgan fingerprint density at radius 1 is 1.12 bits per heavy atom. The van der Waals surface area contributed by atoms with Crippen molar-refractivity contribution in [1.29, 1.82) is 0 Å². The van der Waals surface area contributed by atoms with E-state index < -0.39 is 9.53 Å². The minimum atomic E-state index is -1.73. The van der Waals surface area contributed by atoms with Crippen molar-refractivity contribution in [3.63, 3.8) is 0 Å². The highest BCUT2D eigenvalue weighted by atomic mass is 28.3. The van der Waals surface area contributed by atoms with Gasteiger partial charge in [0, 0.05) is 19.8 Å². The Labute approximate surface area is 103 Å². The molecule has 0 amide bonds. The van der Waals surface area contributed by atoms with Crippen LogP contribution in [0.5, 0.6) is 0 Å². The average Bonchev–Trinajstić information content (AvgIpc) is 3.05. The van der Waals surface area contributed by atoms with E-state index in [9.17, 15) is 0 Å². The van der Waals surface area contributed by atoms with Gasteiger partial charge in [-0.25, -0.2) is 0 Å². The molecule has 1 unspecified atom stereocenters. The fourth-order valence-corrected chi connectivity index (χ4v) is 2.38. The monoisotopic (exact) mass is 268 g/mol. The normalized spacial score (nSPS) is 18.4. The van der Waals surface area contributed by atoms with E-state index >= 15 is 0 Å². The van der Waals surface area contributed by atoms with Crippen molar-refractivity contribution in [3.05, 3.63) is 0 Å². The Balaban J connectivity index is 0.000000315. The molecule has 0 spiro atoms. The van der Waals surface area contributed by atoms with Gasteiger partial charge in [-0.2, -0.15) is 0 Å². The molecule has 1 heterocycles. The van der Waals surface area contributed by atoms with Crippen LogP contribution in [0.3, 0.4) is 0 Å². The van der Waals surface area contributed by atoms with Gasteiger partial charge in [0.15, 0.2) is 0 Å². The third-order valence-corrected chi connectivity index (χ3v) is 3.81. The molecule has 1 atom stereocenters. The summed E-state index contributed by atoms with van der Waals surface area (Å²) in [4.78, 5) is 0. The van der Waals surface area contributed by atoms with Crippen LogP contribution in [-0.4, -0.2) is 59.2 Å². The molecule has 1 rings (SSSR count). The molecule has 5 nitrogen and oxygen atoms in total. The van der Waals surface area contributed by atoms with Crippen LogP contribution in [0.15, 0.2) is 0 Å². The highest BCUT2D eigenvalue weighted by molar-refractivity contribution is 6.36. The molecule has 7 heteroatoms. The van der Waals surface area contributed by atoms with Crippen molar-refractivity contribution in [2.24, 2.45) is 0 Å². The number of rotatable bonds is 8. The van der Waals surface area contributed by atoms with Crippen LogP contribution in [0.25, 0.3) is 0 Å². The predicted molar refractivity (Wildman–Crippen MR) is 67.7 cm³/mol. The molecule has 0 N–H and O–H groups in total. The van der Waals surface area contributed by atoms with E-state index in [1.807, 2.05) is 20.8 Å². The average molecular weight is 268 g/mol. The first-order valence-corrected chi connectivity index (χ1v) is 7.96. The van der Waals surface area contributed by atoms with Crippen LogP contribution in [0.1, 0.15) is 20.8 Å². The lowest BCUT2D eigenvalue weighted by Gasteiger charge is -2.12. The Kier molecular flexibility index (Phi) is 11.9. The Morgan fingerprint density at radius 3 is 1.75 bits per heavy atom. The molecule has 1 fully saturated rings. The van der Waals surface area contributed by atoms with Gasteiger partial charge < -0.3 is 22.4 Å². The second-order valence-electron chi connectivity index (χ2n) is 3.07. The predicted octanol–water partition coefficient (Wildman–Crippen LogP) is -0.505. The summed E-state index contributed by atoms with van der Waals surface area (Å²) in [6.07, 6.45) is 0.461. The van der Waals surface area contributed by atoms with Crippen LogP contribution in [0.2, 0.25) is 0 Å². The molecule has 1 aliphatic rings. The van der Waals surface area contributed by atoms with Crippen molar-refractivity contribution in [2.75, 3.05) is 33.0 Å². The van der Waals surface area contributed by atoms with E-state index in [0.29, 0.717) is 25.9 Å². The minimum absolute atomic E-state index is 0.461. The molecular weight excluding hydrogens is 244 g/mol. The van der Waals surface area contributed by atoms with E-state index in [1.54, 1.807) is 0 Å². The summed E-state index contributed by atoms with van der Waals surface area (Å²) >= 11 is 0. The first-order chi connectivity index (χ1) is 7.78. The Hall–Kier alpha value is 0.234. The zero-order valence-corrected chi connectivity index (χ0v) is 13.9. The molecule has 1 aliphatic heterocycles. The highest BCUT2D eigenvalue weighted by Crippen LogP contribution is 2.06. The summed E-state index contributed by atoms with van der Waals surface area (Å²) in [6.45, 7) is 9.60. The second kappa shape index (κ2) is 11.7. The van der Waals surface area contributed by atoms with Crippen LogP contribution in [0.4, 0.5) is 0 Å². The zero-order chi connectivity index (χ0) is 12.2. The summed E-state index contributed by atoms with van der Waals surface area (Å²) in [5.74, 6) is 0. The fourth-order valence-electron chi connectivity index (χ4n) is 0.903. The van der Waals surface area contributed by atoms with E-state index in [2.05, 4.69) is 0 Å². The molecule has 1 saturated heterocycles. The van der Waals surface area contributed by atoms with Gasteiger partial charge in [0.2, 0.25) is 0 Å². The summed E-state index contributed by atoms with van der Waals surface area (Å²) < 4.78 is 25.4. The molecule has 16 heavy (non-hydrogen) atoms. The number of ether oxygens (including phenoxy) is 1. The lowest BCUT2D eigenvalue weighted by Crippen LogP contribution is -2.27. The van der Waals surface area contributed by atoms with Gasteiger partial charge in [0.1, 0.15) is 16.6 Å². The SMILES string of the molecule is CCO[SiH](OCC)OCC.[SiH3]OCC1CO1. The summed E-state index contributed by atoms with van der Waals surface area (Å²) in [5, 5.41) is 0. The first kappa shape index (κ1) is 16.2. The Bertz CT molecular complexity index is 132. The quantitative estimate of drug-likeness (QED) is 0.439. The van der Waals surface area contributed by atoms with Crippen molar-refractivity contribution >= 4 is 20.0 Å². The first-order valence-electron chi connectivity index (χ1n) is 5.73. The van der Waals surface area contributed by atoms with Gasteiger partial charge in [-0.1, -0.05) is 0 Å².